The lowest BCUT2D eigenvalue weighted by Crippen LogP contribution is -2.24. The zero-order valence-corrected chi connectivity index (χ0v) is 20.7. The molecule has 0 saturated heterocycles. The zero-order valence-electron chi connectivity index (χ0n) is 19.8. The number of rotatable bonds is 11. The standard InChI is InChI=1S/C23H32FN3O6S/c1-14(2)21-19(11-10-17(28)12-18(33-4)13-20(29)30)22(15-6-8-16(24)9-7-15)26-23(25-21)27(3)34(5,31)32/h6-11,14,17-18,28,31-32H,12-13H2,1-5H3,(H,29,30). The van der Waals surface area contributed by atoms with Crippen LogP contribution in [-0.2, 0) is 9.53 Å². The molecule has 188 valence electrons. The molecule has 9 nitrogen and oxygen atoms in total. The first-order valence-electron chi connectivity index (χ1n) is 10.6. The second kappa shape index (κ2) is 11.7. The number of carbonyl (C=O) groups is 1. The maximum Gasteiger partial charge on any atom is 0.305 e. The third kappa shape index (κ3) is 7.47. The normalized spacial score (nSPS) is 14.4. The molecule has 34 heavy (non-hydrogen) atoms. The summed E-state index contributed by atoms with van der Waals surface area (Å²) in [5, 5.41) is 19.5. The van der Waals surface area contributed by atoms with E-state index in [1.54, 1.807) is 18.2 Å². The van der Waals surface area contributed by atoms with Crippen LogP contribution in [0.1, 0.15) is 43.9 Å². The highest BCUT2D eigenvalue weighted by Gasteiger charge is 2.23. The van der Waals surface area contributed by atoms with Crippen molar-refractivity contribution in [3.05, 3.63) is 47.4 Å². The van der Waals surface area contributed by atoms with Gasteiger partial charge < -0.3 is 14.9 Å². The van der Waals surface area contributed by atoms with Crippen molar-refractivity contribution in [1.82, 2.24) is 9.97 Å². The predicted molar refractivity (Wildman–Crippen MR) is 131 cm³/mol. The Labute approximate surface area is 200 Å². The van der Waals surface area contributed by atoms with Crippen molar-refractivity contribution in [2.24, 2.45) is 0 Å². The molecule has 1 heterocycles. The molecule has 4 N–H and O–H groups in total. The number of carboxylic acid groups (broad SMARTS) is 1. The largest absolute Gasteiger partial charge is 0.481 e. The molecule has 0 aliphatic heterocycles. The van der Waals surface area contributed by atoms with Crippen LogP contribution in [0.2, 0.25) is 0 Å². The quantitative estimate of drug-likeness (QED) is 0.356. The third-order valence-corrected chi connectivity index (χ3v) is 6.35. The number of hydrogen-bond donors (Lipinski definition) is 4. The molecule has 11 heteroatoms. The maximum atomic E-state index is 13.6. The molecule has 0 radical (unpaired) electrons. The van der Waals surface area contributed by atoms with Crippen LogP contribution < -0.4 is 4.31 Å². The Morgan fingerprint density at radius 2 is 1.85 bits per heavy atom. The average molecular weight is 498 g/mol. The van der Waals surface area contributed by atoms with Crippen molar-refractivity contribution in [3.63, 3.8) is 0 Å². The monoisotopic (exact) mass is 497 g/mol. The van der Waals surface area contributed by atoms with Crippen LogP contribution in [0.15, 0.2) is 30.3 Å². The number of carboxylic acids is 1. The van der Waals surface area contributed by atoms with Crippen LogP contribution in [0.5, 0.6) is 0 Å². The van der Waals surface area contributed by atoms with E-state index < -0.39 is 34.8 Å². The number of halogens is 1. The summed E-state index contributed by atoms with van der Waals surface area (Å²) in [6.07, 6.45) is 2.56. The summed E-state index contributed by atoms with van der Waals surface area (Å²) >= 11 is 0. The number of methoxy groups -OCH3 is 1. The fourth-order valence-corrected chi connectivity index (χ4v) is 3.61. The van der Waals surface area contributed by atoms with Crippen molar-refractivity contribution in [2.75, 3.05) is 24.7 Å². The number of hydrogen-bond acceptors (Lipinski definition) is 8. The summed E-state index contributed by atoms with van der Waals surface area (Å²) in [6.45, 7) is 3.82. The molecule has 0 spiro atoms. The van der Waals surface area contributed by atoms with Crippen LogP contribution in [-0.4, -0.2) is 67.9 Å². The van der Waals surface area contributed by atoms with Crippen LogP contribution in [0.3, 0.4) is 0 Å². The Balaban J connectivity index is 2.59. The van der Waals surface area contributed by atoms with E-state index >= 15 is 0 Å². The van der Waals surface area contributed by atoms with Gasteiger partial charge in [-0.25, -0.2) is 18.7 Å². The third-order valence-electron chi connectivity index (χ3n) is 5.15. The predicted octanol–water partition coefficient (Wildman–Crippen LogP) is 4.39. The second-order valence-corrected chi connectivity index (χ2v) is 10.4. The van der Waals surface area contributed by atoms with Crippen LogP contribution in [0, 0.1) is 5.82 Å². The van der Waals surface area contributed by atoms with Gasteiger partial charge in [0.2, 0.25) is 5.95 Å². The first-order valence-corrected chi connectivity index (χ1v) is 12.5. The molecular weight excluding hydrogens is 465 g/mol. The number of aliphatic carboxylic acids is 1. The highest BCUT2D eigenvalue weighted by atomic mass is 32.3. The summed E-state index contributed by atoms with van der Waals surface area (Å²) < 4.78 is 40.1. The highest BCUT2D eigenvalue weighted by Crippen LogP contribution is 2.41. The average Bonchev–Trinajstić information content (AvgIpc) is 2.75. The summed E-state index contributed by atoms with van der Waals surface area (Å²) in [4.78, 5) is 20.0. The smallest absolute Gasteiger partial charge is 0.305 e. The van der Waals surface area contributed by atoms with Crippen molar-refractivity contribution < 1.29 is 33.2 Å². The SMILES string of the molecule is COC(CC(=O)O)CC(O)C=Cc1c(-c2ccc(F)cc2)nc(N(C)S(C)(O)O)nc1C(C)C. The lowest BCUT2D eigenvalue weighted by atomic mass is 9.97. The summed E-state index contributed by atoms with van der Waals surface area (Å²) in [5.41, 5.74) is 2.14. The van der Waals surface area contributed by atoms with Crippen molar-refractivity contribution in [2.45, 2.75) is 44.8 Å². The van der Waals surface area contributed by atoms with Gasteiger partial charge in [-0.3, -0.25) is 13.9 Å². The number of anilines is 1. The molecule has 0 aliphatic carbocycles. The Morgan fingerprint density at radius 1 is 1.24 bits per heavy atom. The first-order chi connectivity index (χ1) is 15.8. The molecule has 1 aromatic heterocycles. The molecular formula is C23H32FN3O6S. The fraction of sp³-hybridized carbons (Fsp3) is 0.435. The van der Waals surface area contributed by atoms with Crippen molar-refractivity contribution >= 4 is 28.8 Å². The molecule has 2 aromatic rings. The number of nitrogens with zero attached hydrogens (tertiary/aromatic N) is 3. The number of benzene rings is 1. The van der Waals surface area contributed by atoms with Crippen molar-refractivity contribution in [3.8, 4) is 11.3 Å². The lowest BCUT2D eigenvalue weighted by molar-refractivity contribution is -0.140. The molecule has 0 bridgehead atoms. The van der Waals surface area contributed by atoms with E-state index in [9.17, 15) is 23.4 Å². The second-order valence-electron chi connectivity index (χ2n) is 8.24. The Bertz CT molecular complexity index is 1010. The summed E-state index contributed by atoms with van der Waals surface area (Å²) in [6, 6.07) is 5.69. The van der Waals surface area contributed by atoms with Crippen molar-refractivity contribution in [1.29, 1.82) is 0 Å². The molecule has 0 fully saturated rings. The Hall–Kier alpha value is -2.57. The zero-order chi connectivity index (χ0) is 25.6. The van der Waals surface area contributed by atoms with E-state index in [4.69, 9.17) is 9.84 Å². The van der Waals surface area contributed by atoms with Gasteiger partial charge in [-0.05, 0) is 30.2 Å². The van der Waals surface area contributed by atoms with Gasteiger partial charge in [0.15, 0.2) is 0 Å². The Morgan fingerprint density at radius 3 is 2.35 bits per heavy atom. The van der Waals surface area contributed by atoms with Crippen LogP contribution in [0.4, 0.5) is 10.3 Å². The van der Waals surface area contributed by atoms with E-state index in [1.165, 1.54) is 42.9 Å². The van der Waals surface area contributed by atoms with Gasteiger partial charge >= 0.3 is 5.97 Å². The van der Waals surface area contributed by atoms with E-state index in [-0.39, 0.29) is 24.7 Å². The van der Waals surface area contributed by atoms with Gasteiger partial charge in [-0.2, -0.15) is 0 Å². The van der Waals surface area contributed by atoms with E-state index in [2.05, 4.69) is 9.97 Å². The van der Waals surface area contributed by atoms with E-state index in [0.717, 1.165) is 0 Å². The van der Waals surface area contributed by atoms with E-state index in [0.29, 0.717) is 22.5 Å². The minimum Gasteiger partial charge on any atom is -0.481 e. The minimum atomic E-state index is -3.14. The number of aliphatic hydroxyl groups is 1. The number of aliphatic hydroxyl groups excluding tert-OH is 1. The minimum absolute atomic E-state index is 0.0701. The molecule has 1 aromatic carbocycles. The maximum absolute atomic E-state index is 13.6. The van der Waals surface area contributed by atoms with Gasteiger partial charge in [0.25, 0.3) is 0 Å². The van der Waals surface area contributed by atoms with E-state index in [1.807, 2.05) is 13.8 Å². The highest BCUT2D eigenvalue weighted by molar-refractivity contribution is 8.24. The number of aromatic nitrogens is 2. The van der Waals surface area contributed by atoms with Gasteiger partial charge in [0, 0.05) is 38.0 Å². The molecule has 0 saturated carbocycles. The van der Waals surface area contributed by atoms with Crippen LogP contribution >= 0.6 is 10.8 Å². The fourth-order valence-electron chi connectivity index (χ4n) is 3.22. The molecule has 0 amide bonds. The van der Waals surface area contributed by atoms with Gasteiger partial charge in [0.1, 0.15) is 5.82 Å². The Kier molecular flexibility index (Phi) is 9.54. The summed E-state index contributed by atoms with van der Waals surface area (Å²) in [5.74, 6) is -1.47. The van der Waals surface area contributed by atoms with Gasteiger partial charge in [-0.15, -0.1) is 10.8 Å². The molecule has 2 rings (SSSR count). The first kappa shape index (κ1) is 27.7. The summed E-state index contributed by atoms with van der Waals surface area (Å²) in [7, 11) is -0.289. The number of ether oxygens (including phenoxy) is 1. The van der Waals surface area contributed by atoms with Crippen LogP contribution in [0.25, 0.3) is 17.3 Å². The lowest BCUT2D eigenvalue weighted by Gasteiger charge is -2.37. The molecule has 0 aliphatic rings. The molecule has 2 unspecified atom stereocenters. The van der Waals surface area contributed by atoms with Gasteiger partial charge in [-0.1, -0.05) is 26.0 Å². The topological polar surface area (TPSA) is 136 Å². The van der Waals surface area contributed by atoms with Gasteiger partial charge in [0.05, 0.1) is 30.0 Å². The molecule has 2 atom stereocenters.